The number of nitrogens with two attached hydrogens (primary N) is 1. The van der Waals surface area contributed by atoms with Gasteiger partial charge in [-0.3, -0.25) is 4.90 Å². The Bertz CT molecular complexity index is 477. The molecule has 0 aliphatic carbocycles. The highest BCUT2D eigenvalue weighted by atomic mass is 35.5. The molecular weight excluding hydrogens is 270 g/mol. The number of fused-ring (bicyclic) bond motifs is 1. The molecule has 0 saturated carbocycles. The summed E-state index contributed by atoms with van der Waals surface area (Å²) in [4.78, 5) is 5.14. The molecule has 0 amide bonds. The van der Waals surface area contributed by atoms with Gasteiger partial charge in [0.2, 0.25) is 0 Å². The number of benzene rings is 1. The third-order valence-electron chi connectivity index (χ3n) is 4.74. The molecule has 2 atom stereocenters. The van der Waals surface area contributed by atoms with Crippen molar-refractivity contribution < 1.29 is 0 Å². The Hall–Kier alpha value is -0.770. The molecule has 110 valence electrons. The SMILES string of the molecule is CC1CN2CCCCC2CN1c1ccc(CN)cc1Cl. The van der Waals surface area contributed by atoms with Gasteiger partial charge in [-0.05, 0) is 44.0 Å². The fourth-order valence-electron chi connectivity index (χ4n) is 3.60. The first-order valence-electron chi connectivity index (χ1n) is 7.68. The van der Waals surface area contributed by atoms with Crippen molar-refractivity contribution in [3.63, 3.8) is 0 Å². The first kappa shape index (κ1) is 14.2. The number of nitrogens with zero attached hydrogens (tertiary/aromatic N) is 2. The van der Waals surface area contributed by atoms with Crippen LogP contribution in [0.25, 0.3) is 0 Å². The van der Waals surface area contributed by atoms with Crippen LogP contribution in [0.4, 0.5) is 5.69 Å². The highest BCUT2D eigenvalue weighted by Gasteiger charge is 2.33. The van der Waals surface area contributed by atoms with Crippen molar-refractivity contribution >= 4 is 17.3 Å². The van der Waals surface area contributed by atoms with Crippen LogP contribution < -0.4 is 10.6 Å². The van der Waals surface area contributed by atoms with Gasteiger partial charge in [0.1, 0.15) is 0 Å². The highest BCUT2D eigenvalue weighted by molar-refractivity contribution is 6.33. The Labute approximate surface area is 126 Å². The molecule has 1 aromatic carbocycles. The summed E-state index contributed by atoms with van der Waals surface area (Å²) < 4.78 is 0. The van der Waals surface area contributed by atoms with E-state index in [2.05, 4.69) is 28.9 Å². The molecule has 3 nitrogen and oxygen atoms in total. The Morgan fingerprint density at radius 2 is 2.15 bits per heavy atom. The highest BCUT2D eigenvalue weighted by Crippen LogP contribution is 2.33. The Morgan fingerprint density at radius 3 is 2.90 bits per heavy atom. The van der Waals surface area contributed by atoms with Gasteiger partial charge in [-0.15, -0.1) is 0 Å². The van der Waals surface area contributed by atoms with Gasteiger partial charge < -0.3 is 10.6 Å². The van der Waals surface area contributed by atoms with Crippen molar-refractivity contribution in [3.8, 4) is 0 Å². The molecule has 20 heavy (non-hydrogen) atoms. The summed E-state index contributed by atoms with van der Waals surface area (Å²) >= 11 is 6.47. The average Bonchev–Trinajstić information content (AvgIpc) is 2.46. The monoisotopic (exact) mass is 293 g/mol. The molecule has 3 rings (SSSR count). The minimum Gasteiger partial charge on any atom is -0.365 e. The summed E-state index contributed by atoms with van der Waals surface area (Å²) in [5.74, 6) is 0. The van der Waals surface area contributed by atoms with Crippen LogP contribution in [-0.4, -0.2) is 36.6 Å². The van der Waals surface area contributed by atoms with Gasteiger partial charge in [0, 0.05) is 31.7 Å². The van der Waals surface area contributed by atoms with E-state index in [1.807, 2.05) is 6.07 Å². The fraction of sp³-hybridized carbons (Fsp3) is 0.625. The second-order valence-electron chi connectivity index (χ2n) is 6.14. The normalized spacial score (nSPS) is 27.4. The lowest BCUT2D eigenvalue weighted by Gasteiger charge is -2.48. The third-order valence-corrected chi connectivity index (χ3v) is 5.05. The summed E-state index contributed by atoms with van der Waals surface area (Å²) in [6.07, 6.45) is 4.04. The van der Waals surface area contributed by atoms with Gasteiger partial charge in [-0.1, -0.05) is 24.1 Å². The summed E-state index contributed by atoms with van der Waals surface area (Å²) in [6.45, 7) is 6.37. The number of hydrogen-bond donors (Lipinski definition) is 1. The summed E-state index contributed by atoms with van der Waals surface area (Å²) in [7, 11) is 0. The predicted octanol–water partition coefficient (Wildman–Crippen LogP) is 2.86. The van der Waals surface area contributed by atoms with Crippen molar-refractivity contribution in [1.82, 2.24) is 4.90 Å². The molecule has 0 bridgehead atoms. The van der Waals surface area contributed by atoms with Crippen molar-refractivity contribution in [3.05, 3.63) is 28.8 Å². The van der Waals surface area contributed by atoms with Gasteiger partial charge in [0.05, 0.1) is 10.7 Å². The average molecular weight is 294 g/mol. The van der Waals surface area contributed by atoms with Gasteiger partial charge in [-0.2, -0.15) is 0 Å². The van der Waals surface area contributed by atoms with Crippen LogP contribution in [0.3, 0.4) is 0 Å². The van der Waals surface area contributed by atoms with Crippen LogP contribution in [0.5, 0.6) is 0 Å². The van der Waals surface area contributed by atoms with Crippen molar-refractivity contribution in [2.24, 2.45) is 5.73 Å². The van der Waals surface area contributed by atoms with E-state index < -0.39 is 0 Å². The zero-order valence-corrected chi connectivity index (χ0v) is 12.9. The van der Waals surface area contributed by atoms with E-state index in [0.29, 0.717) is 18.6 Å². The number of anilines is 1. The quantitative estimate of drug-likeness (QED) is 0.910. The molecule has 2 heterocycles. The first-order chi connectivity index (χ1) is 9.69. The molecule has 2 fully saturated rings. The van der Waals surface area contributed by atoms with Crippen LogP contribution in [-0.2, 0) is 6.54 Å². The van der Waals surface area contributed by atoms with E-state index in [1.54, 1.807) is 0 Å². The lowest BCUT2D eigenvalue weighted by molar-refractivity contribution is 0.115. The van der Waals surface area contributed by atoms with Gasteiger partial charge >= 0.3 is 0 Å². The maximum Gasteiger partial charge on any atom is 0.0642 e. The molecule has 0 radical (unpaired) electrons. The van der Waals surface area contributed by atoms with Crippen LogP contribution in [0, 0.1) is 0 Å². The molecular formula is C16H24ClN3. The minimum absolute atomic E-state index is 0.519. The largest absolute Gasteiger partial charge is 0.365 e. The predicted molar refractivity (Wildman–Crippen MR) is 85.4 cm³/mol. The van der Waals surface area contributed by atoms with E-state index >= 15 is 0 Å². The maximum atomic E-state index is 6.47. The number of hydrogen-bond acceptors (Lipinski definition) is 3. The molecule has 2 aliphatic heterocycles. The number of rotatable bonds is 2. The zero-order chi connectivity index (χ0) is 14.1. The molecule has 4 heteroatoms. The van der Waals surface area contributed by atoms with E-state index in [-0.39, 0.29) is 0 Å². The maximum absolute atomic E-state index is 6.47. The van der Waals surface area contributed by atoms with E-state index in [0.717, 1.165) is 23.7 Å². The van der Waals surface area contributed by atoms with Crippen LogP contribution in [0.2, 0.25) is 5.02 Å². The topological polar surface area (TPSA) is 32.5 Å². The van der Waals surface area contributed by atoms with Gasteiger partial charge in [0.15, 0.2) is 0 Å². The van der Waals surface area contributed by atoms with Gasteiger partial charge in [0.25, 0.3) is 0 Å². The Balaban J connectivity index is 1.82. The fourth-order valence-corrected chi connectivity index (χ4v) is 3.91. The van der Waals surface area contributed by atoms with Crippen LogP contribution >= 0.6 is 11.6 Å². The first-order valence-corrected chi connectivity index (χ1v) is 8.06. The summed E-state index contributed by atoms with van der Waals surface area (Å²) in [5, 5.41) is 0.837. The summed E-state index contributed by atoms with van der Waals surface area (Å²) in [5.41, 5.74) is 7.95. The number of piperidine rings is 1. The molecule has 2 unspecified atom stereocenters. The molecule has 0 aromatic heterocycles. The lowest BCUT2D eigenvalue weighted by Crippen LogP contribution is -2.58. The van der Waals surface area contributed by atoms with Crippen LogP contribution in [0.1, 0.15) is 31.7 Å². The van der Waals surface area contributed by atoms with E-state index in [9.17, 15) is 0 Å². The van der Waals surface area contributed by atoms with E-state index in [1.165, 1.54) is 31.5 Å². The van der Waals surface area contributed by atoms with Crippen molar-refractivity contribution in [1.29, 1.82) is 0 Å². The Morgan fingerprint density at radius 1 is 1.30 bits per heavy atom. The lowest BCUT2D eigenvalue weighted by atomic mass is 9.96. The number of piperazine rings is 1. The van der Waals surface area contributed by atoms with Gasteiger partial charge in [-0.25, -0.2) is 0 Å². The van der Waals surface area contributed by atoms with E-state index in [4.69, 9.17) is 17.3 Å². The zero-order valence-electron chi connectivity index (χ0n) is 12.2. The third kappa shape index (κ3) is 2.67. The summed E-state index contributed by atoms with van der Waals surface area (Å²) in [6, 6.07) is 7.47. The minimum atomic E-state index is 0.519. The smallest absolute Gasteiger partial charge is 0.0642 e. The van der Waals surface area contributed by atoms with Crippen molar-refractivity contribution in [2.75, 3.05) is 24.5 Å². The molecule has 2 aliphatic rings. The number of halogens is 1. The second kappa shape index (κ2) is 5.92. The standard InChI is InChI=1S/C16H24ClN3/c1-12-10-19-7-3-2-4-14(19)11-20(12)16-6-5-13(9-18)8-15(16)17/h5-6,8,12,14H,2-4,7,9-11,18H2,1H3. The molecule has 1 aromatic rings. The van der Waals surface area contributed by atoms with Crippen molar-refractivity contribution in [2.45, 2.75) is 44.8 Å². The Kier molecular flexibility index (Phi) is 4.20. The molecule has 0 spiro atoms. The molecule has 2 saturated heterocycles. The second-order valence-corrected chi connectivity index (χ2v) is 6.54. The molecule has 2 N–H and O–H groups in total. The van der Waals surface area contributed by atoms with Crippen LogP contribution in [0.15, 0.2) is 18.2 Å².